The Hall–Kier alpha value is -1.20. The van der Waals surface area contributed by atoms with Crippen LogP contribution >= 0.6 is 11.3 Å². The van der Waals surface area contributed by atoms with Crippen LogP contribution in [0, 0.1) is 0 Å². The van der Waals surface area contributed by atoms with Gasteiger partial charge < -0.3 is 9.88 Å². The average Bonchev–Trinajstić information content (AvgIpc) is 3.03. The third-order valence-corrected chi connectivity index (χ3v) is 5.38. The van der Waals surface area contributed by atoms with Crippen molar-refractivity contribution >= 4 is 11.3 Å². The Balaban J connectivity index is 1.71. The fraction of sp³-hybridized carbons (Fsp3) is 0.600. The van der Waals surface area contributed by atoms with E-state index in [1.165, 1.54) is 48.4 Å². The molecule has 1 fully saturated rings. The molecule has 0 aromatic carbocycles. The van der Waals surface area contributed by atoms with Gasteiger partial charge in [0.1, 0.15) is 5.01 Å². The molecule has 1 atom stereocenters. The van der Waals surface area contributed by atoms with Gasteiger partial charge >= 0.3 is 0 Å². The maximum Gasteiger partial charge on any atom is 0.142 e. The lowest BCUT2D eigenvalue weighted by Gasteiger charge is -2.21. The van der Waals surface area contributed by atoms with Gasteiger partial charge in [0.25, 0.3) is 0 Å². The lowest BCUT2D eigenvalue weighted by atomic mass is 9.98. The van der Waals surface area contributed by atoms with Crippen molar-refractivity contribution in [3.8, 4) is 10.7 Å². The van der Waals surface area contributed by atoms with Gasteiger partial charge in [0.15, 0.2) is 0 Å². The zero-order valence-electron chi connectivity index (χ0n) is 11.8. The molecule has 4 nitrogen and oxygen atoms in total. The molecule has 2 aromatic rings. The Morgan fingerprint density at radius 2 is 2.30 bits per heavy atom. The van der Waals surface area contributed by atoms with Crippen LogP contribution in [0.3, 0.4) is 0 Å². The van der Waals surface area contributed by atoms with E-state index in [1.807, 2.05) is 23.9 Å². The minimum Gasteiger partial charge on any atom is -0.326 e. The van der Waals surface area contributed by atoms with Gasteiger partial charge in [-0.05, 0) is 38.6 Å². The Kier molecular flexibility index (Phi) is 3.11. The summed E-state index contributed by atoms with van der Waals surface area (Å²) in [6, 6.07) is 1.11. The highest BCUT2D eigenvalue weighted by Gasteiger charge is 2.29. The molecule has 2 heterocycles. The summed E-state index contributed by atoms with van der Waals surface area (Å²) < 4.78 is 2.31. The fourth-order valence-electron chi connectivity index (χ4n) is 3.09. The number of hydrogen-bond acceptors (Lipinski definition) is 4. The first-order valence-corrected chi connectivity index (χ1v) is 8.43. The van der Waals surface area contributed by atoms with Crippen molar-refractivity contribution in [2.75, 3.05) is 6.54 Å². The van der Waals surface area contributed by atoms with Crippen LogP contribution in [0.1, 0.15) is 55.3 Å². The first-order valence-electron chi connectivity index (χ1n) is 7.62. The van der Waals surface area contributed by atoms with Gasteiger partial charge in [-0.25, -0.2) is 9.97 Å². The molecule has 106 valence electrons. The number of nitrogens with one attached hydrogen (secondary N) is 1. The van der Waals surface area contributed by atoms with Crippen LogP contribution in [-0.4, -0.2) is 21.1 Å². The SMILES string of the molecule is CCNC1CCCc2sc(-c3cncn3C3CC3)nc21. The van der Waals surface area contributed by atoms with E-state index in [1.54, 1.807) is 0 Å². The highest BCUT2D eigenvalue weighted by molar-refractivity contribution is 7.15. The van der Waals surface area contributed by atoms with Crippen molar-refractivity contribution in [1.29, 1.82) is 0 Å². The molecule has 2 aromatic heterocycles. The second-order valence-corrected chi connectivity index (χ2v) is 6.83. The van der Waals surface area contributed by atoms with Gasteiger partial charge in [0.05, 0.1) is 30.0 Å². The second kappa shape index (κ2) is 4.97. The highest BCUT2D eigenvalue weighted by Crippen LogP contribution is 2.41. The molecule has 2 aliphatic carbocycles. The van der Waals surface area contributed by atoms with Crippen molar-refractivity contribution in [2.24, 2.45) is 0 Å². The summed E-state index contributed by atoms with van der Waals surface area (Å²) >= 11 is 1.87. The minimum atomic E-state index is 0.450. The van der Waals surface area contributed by atoms with Crippen molar-refractivity contribution in [3.05, 3.63) is 23.1 Å². The summed E-state index contributed by atoms with van der Waals surface area (Å²) in [5.74, 6) is 0. The van der Waals surface area contributed by atoms with Gasteiger partial charge in [-0.2, -0.15) is 0 Å². The topological polar surface area (TPSA) is 42.7 Å². The van der Waals surface area contributed by atoms with E-state index in [-0.39, 0.29) is 0 Å². The van der Waals surface area contributed by atoms with Crippen molar-refractivity contribution in [2.45, 2.75) is 51.1 Å². The summed E-state index contributed by atoms with van der Waals surface area (Å²) in [6.07, 6.45) is 10.2. The van der Waals surface area contributed by atoms with E-state index in [0.29, 0.717) is 12.1 Å². The quantitative estimate of drug-likeness (QED) is 0.938. The third kappa shape index (κ3) is 2.09. The number of aryl methyl sites for hydroxylation is 1. The standard InChI is InChI=1S/C15H20N4S/c1-2-17-11-4-3-5-13-14(11)18-15(20-13)12-8-16-9-19(12)10-6-7-10/h8-11,17H,2-7H2,1H3. The lowest BCUT2D eigenvalue weighted by Crippen LogP contribution is -2.24. The number of aromatic nitrogens is 3. The van der Waals surface area contributed by atoms with Crippen LogP contribution in [0.25, 0.3) is 10.7 Å². The normalized spacial score (nSPS) is 21.9. The zero-order chi connectivity index (χ0) is 13.5. The molecule has 20 heavy (non-hydrogen) atoms. The van der Waals surface area contributed by atoms with E-state index < -0.39 is 0 Å². The molecule has 2 aliphatic rings. The van der Waals surface area contributed by atoms with E-state index in [4.69, 9.17) is 4.98 Å². The smallest absolute Gasteiger partial charge is 0.142 e. The van der Waals surface area contributed by atoms with Gasteiger partial charge in [-0.3, -0.25) is 0 Å². The largest absolute Gasteiger partial charge is 0.326 e. The zero-order valence-corrected chi connectivity index (χ0v) is 12.6. The Bertz CT molecular complexity index is 611. The predicted molar refractivity (Wildman–Crippen MR) is 81.0 cm³/mol. The van der Waals surface area contributed by atoms with Gasteiger partial charge in [-0.15, -0.1) is 11.3 Å². The molecule has 1 N–H and O–H groups in total. The number of fused-ring (bicyclic) bond motifs is 1. The van der Waals surface area contributed by atoms with Crippen molar-refractivity contribution < 1.29 is 0 Å². The molecule has 0 aliphatic heterocycles. The monoisotopic (exact) mass is 288 g/mol. The number of nitrogens with zero attached hydrogens (tertiary/aromatic N) is 3. The van der Waals surface area contributed by atoms with E-state index >= 15 is 0 Å². The van der Waals surface area contributed by atoms with E-state index in [9.17, 15) is 0 Å². The van der Waals surface area contributed by atoms with E-state index in [2.05, 4.69) is 21.8 Å². The van der Waals surface area contributed by atoms with Crippen LogP contribution in [-0.2, 0) is 6.42 Å². The number of hydrogen-bond donors (Lipinski definition) is 1. The molecule has 0 spiro atoms. The Morgan fingerprint density at radius 1 is 1.40 bits per heavy atom. The Labute approximate surface area is 123 Å². The predicted octanol–water partition coefficient (Wildman–Crippen LogP) is 3.33. The molecule has 0 amide bonds. The maximum atomic E-state index is 4.96. The molecular weight excluding hydrogens is 268 g/mol. The van der Waals surface area contributed by atoms with Gasteiger partial charge in [0.2, 0.25) is 0 Å². The molecular formula is C15H20N4S. The van der Waals surface area contributed by atoms with Crippen molar-refractivity contribution in [3.63, 3.8) is 0 Å². The lowest BCUT2D eigenvalue weighted by molar-refractivity contribution is 0.465. The molecule has 0 radical (unpaired) electrons. The summed E-state index contributed by atoms with van der Waals surface area (Å²) in [5.41, 5.74) is 2.50. The summed E-state index contributed by atoms with van der Waals surface area (Å²) in [4.78, 5) is 10.8. The molecule has 5 heteroatoms. The number of thiazole rings is 1. The van der Waals surface area contributed by atoms with Crippen LogP contribution in [0.5, 0.6) is 0 Å². The van der Waals surface area contributed by atoms with E-state index in [0.717, 1.165) is 11.6 Å². The third-order valence-electron chi connectivity index (χ3n) is 4.23. The molecule has 0 bridgehead atoms. The maximum absolute atomic E-state index is 4.96. The first kappa shape index (κ1) is 12.5. The number of rotatable bonds is 4. The molecule has 1 unspecified atom stereocenters. The second-order valence-electron chi connectivity index (χ2n) is 5.75. The van der Waals surface area contributed by atoms with Gasteiger partial charge in [-0.1, -0.05) is 6.92 Å². The van der Waals surface area contributed by atoms with Crippen molar-refractivity contribution in [1.82, 2.24) is 19.9 Å². The summed E-state index contributed by atoms with van der Waals surface area (Å²) in [5, 5.41) is 4.73. The van der Waals surface area contributed by atoms with Crippen LogP contribution in [0.2, 0.25) is 0 Å². The molecule has 0 saturated heterocycles. The molecule has 4 rings (SSSR count). The minimum absolute atomic E-state index is 0.450. The van der Waals surface area contributed by atoms with Crippen LogP contribution in [0.15, 0.2) is 12.5 Å². The average molecular weight is 288 g/mol. The Morgan fingerprint density at radius 3 is 3.10 bits per heavy atom. The summed E-state index contributed by atoms with van der Waals surface area (Å²) in [6.45, 7) is 3.18. The van der Waals surface area contributed by atoms with Crippen LogP contribution in [0.4, 0.5) is 0 Å². The highest BCUT2D eigenvalue weighted by atomic mass is 32.1. The summed E-state index contributed by atoms with van der Waals surface area (Å²) in [7, 11) is 0. The van der Waals surface area contributed by atoms with Gasteiger partial charge in [0, 0.05) is 10.9 Å². The number of imidazole rings is 1. The van der Waals surface area contributed by atoms with Crippen LogP contribution < -0.4 is 5.32 Å². The first-order chi connectivity index (χ1) is 9.86. The fourth-order valence-corrected chi connectivity index (χ4v) is 4.27. The molecule has 1 saturated carbocycles.